The van der Waals surface area contributed by atoms with Gasteiger partial charge < -0.3 is 4.90 Å². The molecular weight excluding hydrogens is 671 g/mol. The van der Waals surface area contributed by atoms with E-state index in [2.05, 4.69) is 217 Å². The highest BCUT2D eigenvalue weighted by atomic mass is 32.1. The van der Waals surface area contributed by atoms with Crippen LogP contribution in [0.2, 0.25) is 0 Å². The Morgan fingerprint density at radius 1 is 0.296 bits per heavy atom. The van der Waals surface area contributed by atoms with Crippen molar-refractivity contribution in [3.05, 3.63) is 212 Å². The molecule has 2 heteroatoms. The van der Waals surface area contributed by atoms with E-state index in [-0.39, 0.29) is 0 Å². The molecule has 0 amide bonds. The number of hydrogen-bond donors (Lipinski definition) is 0. The molecule has 0 aliphatic rings. The molecule has 0 saturated carbocycles. The van der Waals surface area contributed by atoms with Gasteiger partial charge in [-0.1, -0.05) is 164 Å². The smallest absolute Gasteiger partial charge is 0.0540 e. The highest BCUT2D eigenvalue weighted by Crippen LogP contribution is 2.46. The predicted octanol–water partition coefficient (Wildman–Crippen LogP) is 15.3. The molecule has 0 radical (unpaired) electrons. The van der Waals surface area contributed by atoms with Gasteiger partial charge in [-0.3, -0.25) is 0 Å². The van der Waals surface area contributed by atoms with Gasteiger partial charge >= 0.3 is 0 Å². The lowest BCUT2D eigenvalue weighted by Gasteiger charge is -2.30. The molecule has 54 heavy (non-hydrogen) atoms. The summed E-state index contributed by atoms with van der Waals surface area (Å²) < 4.78 is 2.62. The number of benzene rings is 9. The number of hydrogen-bond acceptors (Lipinski definition) is 2. The van der Waals surface area contributed by atoms with Crippen LogP contribution in [0.15, 0.2) is 212 Å². The summed E-state index contributed by atoms with van der Waals surface area (Å²) in [5.74, 6) is 0. The first-order valence-corrected chi connectivity index (χ1v) is 19.2. The number of rotatable bonds is 7. The van der Waals surface area contributed by atoms with E-state index in [1.165, 1.54) is 75.5 Å². The van der Waals surface area contributed by atoms with Crippen LogP contribution in [-0.4, -0.2) is 0 Å². The lowest BCUT2D eigenvalue weighted by molar-refractivity contribution is 1.28. The third kappa shape index (κ3) is 5.84. The van der Waals surface area contributed by atoms with Crippen molar-refractivity contribution in [3.63, 3.8) is 0 Å². The molecular formula is C52H35NS. The van der Waals surface area contributed by atoms with Crippen molar-refractivity contribution in [2.45, 2.75) is 0 Å². The minimum absolute atomic E-state index is 1.10. The van der Waals surface area contributed by atoms with E-state index in [4.69, 9.17) is 0 Å². The van der Waals surface area contributed by atoms with Crippen LogP contribution in [0.3, 0.4) is 0 Å². The molecule has 1 heterocycles. The Kier molecular flexibility index (Phi) is 8.09. The van der Waals surface area contributed by atoms with Gasteiger partial charge in [-0.05, 0) is 92.7 Å². The zero-order chi connectivity index (χ0) is 35.8. The normalized spacial score (nSPS) is 11.3. The Bertz CT molecular complexity index is 2940. The largest absolute Gasteiger partial charge is 0.309 e. The van der Waals surface area contributed by atoms with Gasteiger partial charge in [-0.15, -0.1) is 11.3 Å². The van der Waals surface area contributed by atoms with E-state index in [1.807, 2.05) is 11.3 Å². The summed E-state index contributed by atoms with van der Waals surface area (Å²) in [5, 5.41) is 5.14. The van der Waals surface area contributed by atoms with Crippen molar-refractivity contribution in [2.24, 2.45) is 0 Å². The fraction of sp³-hybridized carbons (Fsp3) is 0. The van der Waals surface area contributed by atoms with Crippen LogP contribution in [0, 0.1) is 0 Å². The molecule has 0 spiro atoms. The zero-order valence-electron chi connectivity index (χ0n) is 29.6. The first-order chi connectivity index (χ1) is 26.8. The maximum atomic E-state index is 2.43. The highest BCUT2D eigenvalue weighted by molar-refractivity contribution is 7.25. The van der Waals surface area contributed by atoms with Gasteiger partial charge in [0.15, 0.2) is 0 Å². The van der Waals surface area contributed by atoms with Crippen LogP contribution in [0.5, 0.6) is 0 Å². The average molecular weight is 706 g/mol. The molecule has 1 aromatic heterocycles. The minimum atomic E-state index is 1.10. The van der Waals surface area contributed by atoms with Gasteiger partial charge in [0.2, 0.25) is 0 Å². The fourth-order valence-corrected chi connectivity index (χ4v) is 8.94. The van der Waals surface area contributed by atoms with Crippen LogP contribution < -0.4 is 4.90 Å². The molecule has 0 atom stereocenters. The quantitative estimate of drug-likeness (QED) is 0.160. The van der Waals surface area contributed by atoms with E-state index in [0.29, 0.717) is 0 Å². The maximum absolute atomic E-state index is 2.43. The molecule has 9 aromatic carbocycles. The second-order valence-corrected chi connectivity index (χ2v) is 14.8. The molecule has 254 valence electrons. The van der Waals surface area contributed by atoms with Gasteiger partial charge in [-0.25, -0.2) is 0 Å². The van der Waals surface area contributed by atoms with Gasteiger partial charge in [0.25, 0.3) is 0 Å². The number of nitrogens with zero attached hydrogens (tertiary/aromatic N) is 1. The molecule has 10 rings (SSSR count). The molecule has 10 aromatic rings. The zero-order valence-corrected chi connectivity index (χ0v) is 30.4. The standard InChI is InChI=1S/C52H35NS/c1-2-14-38(15-3-1)45-19-6-9-22-49(45)53(50-23-10-7-20-46(50)43-29-32-48-47-21-8-11-24-51(47)54-52(48)35-43)44-30-27-37(28-31-44)40-17-12-18-41(33-40)42-26-25-36-13-4-5-16-39(36)34-42/h1-35H. The topological polar surface area (TPSA) is 3.24 Å². The summed E-state index contributed by atoms with van der Waals surface area (Å²) in [7, 11) is 0. The Morgan fingerprint density at radius 3 is 1.65 bits per heavy atom. The molecule has 0 bridgehead atoms. The predicted molar refractivity (Wildman–Crippen MR) is 233 cm³/mol. The number of fused-ring (bicyclic) bond motifs is 4. The Balaban J connectivity index is 1.09. The molecule has 0 N–H and O–H groups in total. The Labute approximate surface area is 319 Å². The summed E-state index contributed by atoms with van der Waals surface area (Å²) >= 11 is 1.86. The van der Waals surface area contributed by atoms with E-state index in [0.717, 1.165) is 17.1 Å². The van der Waals surface area contributed by atoms with Crippen molar-refractivity contribution in [1.82, 2.24) is 0 Å². The number of anilines is 3. The molecule has 0 unspecified atom stereocenters. The van der Waals surface area contributed by atoms with Crippen LogP contribution in [0.1, 0.15) is 0 Å². The van der Waals surface area contributed by atoms with E-state index >= 15 is 0 Å². The highest BCUT2D eigenvalue weighted by Gasteiger charge is 2.21. The van der Waals surface area contributed by atoms with Gasteiger partial charge in [-0.2, -0.15) is 0 Å². The lowest BCUT2D eigenvalue weighted by atomic mass is 9.96. The van der Waals surface area contributed by atoms with Crippen LogP contribution in [-0.2, 0) is 0 Å². The third-order valence-electron chi connectivity index (χ3n) is 10.5. The summed E-state index contributed by atoms with van der Waals surface area (Å²) in [6.07, 6.45) is 0. The van der Waals surface area contributed by atoms with Crippen molar-refractivity contribution >= 4 is 59.3 Å². The molecule has 1 nitrogen and oxygen atoms in total. The summed E-state index contributed by atoms with van der Waals surface area (Å²) in [6.45, 7) is 0. The molecule has 0 aliphatic heterocycles. The van der Waals surface area contributed by atoms with E-state index in [9.17, 15) is 0 Å². The Hall–Kier alpha value is -6.74. The second-order valence-electron chi connectivity index (χ2n) is 13.7. The van der Waals surface area contributed by atoms with E-state index in [1.54, 1.807) is 0 Å². The summed E-state index contributed by atoms with van der Waals surface area (Å²) in [6, 6.07) is 77.2. The maximum Gasteiger partial charge on any atom is 0.0540 e. The summed E-state index contributed by atoms with van der Waals surface area (Å²) in [4.78, 5) is 2.43. The Morgan fingerprint density at radius 2 is 0.852 bits per heavy atom. The lowest BCUT2D eigenvalue weighted by Crippen LogP contribution is -2.12. The van der Waals surface area contributed by atoms with Crippen molar-refractivity contribution in [1.29, 1.82) is 0 Å². The fourth-order valence-electron chi connectivity index (χ4n) is 7.79. The molecule has 0 fully saturated rings. The monoisotopic (exact) mass is 705 g/mol. The number of thiophene rings is 1. The molecule has 0 saturated heterocycles. The third-order valence-corrected chi connectivity index (χ3v) is 11.6. The van der Waals surface area contributed by atoms with Gasteiger partial charge in [0, 0.05) is 37.0 Å². The first kappa shape index (κ1) is 32.0. The van der Waals surface area contributed by atoms with Crippen LogP contribution in [0.4, 0.5) is 17.1 Å². The van der Waals surface area contributed by atoms with Crippen LogP contribution in [0.25, 0.3) is 75.5 Å². The second kappa shape index (κ2) is 13.7. The van der Waals surface area contributed by atoms with Gasteiger partial charge in [0.1, 0.15) is 0 Å². The first-order valence-electron chi connectivity index (χ1n) is 18.4. The van der Waals surface area contributed by atoms with Crippen LogP contribution >= 0.6 is 11.3 Å². The number of para-hydroxylation sites is 2. The molecule has 0 aliphatic carbocycles. The average Bonchev–Trinajstić information content (AvgIpc) is 3.63. The van der Waals surface area contributed by atoms with Crippen molar-refractivity contribution in [3.8, 4) is 44.5 Å². The van der Waals surface area contributed by atoms with Gasteiger partial charge in [0.05, 0.1) is 11.4 Å². The van der Waals surface area contributed by atoms with E-state index < -0.39 is 0 Å². The summed E-state index contributed by atoms with van der Waals surface area (Å²) in [5.41, 5.74) is 12.9. The van der Waals surface area contributed by atoms with Crippen molar-refractivity contribution < 1.29 is 0 Å². The SMILES string of the molecule is c1ccc(-c2ccccc2N(c2ccc(-c3cccc(-c4ccc5ccccc5c4)c3)cc2)c2ccccc2-c2ccc3c(c2)sc2ccccc23)cc1. The van der Waals surface area contributed by atoms with Crippen molar-refractivity contribution in [2.75, 3.05) is 4.90 Å². The minimum Gasteiger partial charge on any atom is -0.309 e.